The monoisotopic (exact) mass is 278 g/mol. The third kappa shape index (κ3) is 3.18. The summed E-state index contributed by atoms with van der Waals surface area (Å²) >= 11 is 5.93. The van der Waals surface area contributed by atoms with Crippen LogP contribution in [0.3, 0.4) is 0 Å². The molecule has 0 aliphatic carbocycles. The van der Waals surface area contributed by atoms with E-state index in [1.165, 1.54) is 0 Å². The van der Waals surface area contributed by atoms with Gasteiger partial charge < -0.3 is 9.84 Å². The number of benzene rings is 1. The Morgan fingerprint density at radius 1 is 1.32 bits per heavy atom. The first kappa shape index (κ1) is 13.7. The topological polar surface area (TPSA) is 33.3 Å². The molecular weight excluding hydrogens is 262 g/mol. The number of rotatable bonds is 4. The van der Waals surface area contributed by atoms with E-state index in [1.54, 1.807) is 6.07 Å². The molecule has 2 rings (SSSR count). The molecule has 0 aliphatic heterocycles. The fourth-order valence-electron chi connectivity index (χ4n) is 1.97. The van der Waals surface area contributed by atoms with Crippen LogP contribution in [0.15, 0.2) is 36.5 Å². The second-order valence-corrected chi connectivity index (χ2v) is 4.76. The molecule has 100 valence electrons. The predicted octanol–water partition coefficient (Wildman–Crippen LogP) is 3.24. The first-order valence-electron chi connectivity index (χ1n) is 6.21. The van der Waals surface area contributed by atoms with Gasteiger partial charge in [0.25, 0.3) is 0 Å². The third-order valence-electron chi connectivity index (χ3n) is 3.02. The number of hydrogen-bond donors (Lipinski definition) is 1. The van der Waals surface area contributed by atoms with Gasteiger partial charge in [0, 0.05) is 18.0 Å². The van der Waals surface area contributed by atoms with Crippen molar-refractivity contribution in [1.82, 2.24) is 0 Å². The first-order valence-corrected chi connectivity index (χ1v) is 6.59. The summed E-state index contributed by atoms with van der Waals surface area (Å²) in [5.41, 5.74) is 1.88. The van der Waals surface area contributed by atoms with Crippen LogP contribution in [0, 0.1) is 6.92 Å². The molecule has 1 aromatic heterocycles. The van der Waals surface area contributed by atoms with Crippen molar-refractivity contribution in [3.8, 4) is 11.5 Å². The lowest BCUT2D eigenvalue weighted by Gasteiger charge is -2.10. The van der Waals surface area contributed by atoms with Crippen molar-refractivity contribution in [2.45, 2.75) is 27.0 Å². The van der Waals surface area contributed by atoms with Gasteiger partial charge >= 0.3 is 0 Å². The quantitative estimate of drug-likeness (QED) is 0.871. The minimum atomic E-state index is 0.157. The van der Waals surface area contributed by atoms with Crippen molar-refractivity contribution in [3.05, 3.63) is 52.8 Å². The molecule has 0 saturated carbocycles. The molecule has 0 radical (unpaired) electrons. The van der Waals surface area contributed by atoms with Gasteiger partial charge in [0.1, 0.15) is 13.2 Å². The van der Waals surface area contributed by atoms with Gasteiger partial charge in [0.05, 0.1) is 0 Å². The van der Waals surface area contributed by atoms with Crippen LogP contribution < -0.4 is 9.30 Å². The summed E-state index contributed by atoms with van der Waals surface area (Å²) in [5, 5.41) is 10.6. The summed E-state index contributed by atoms with van der Waals surface area (Å²) in [4.78, 5) is 0. The summed E-state index contributed by atoms with van der Waals surface area (Å²) in [6.45, 7) is 5.18. The standard InChI is InChI=1S/C15H16ClNO2/c1-3-17-8-7-14(18)15(11(17)2)19-10-12-5-4-6-13(16)9-12/h4-9H,3,10H2,1-2H3/p+1. The van der Waals surface area contributed by atoms with Crippen LogP contribution >= 0.6 is 11.6 Å². The largest absolute Gasteiger partial charge is 0.504 e. The molecule has 0 atom stereocenters. The Hall–Kier alpha value is -1.74. The van der Waals surface area contributed by atoms with E-state index in [9.17, 15) is 5.11 Å². The fraction of sp³-hybridized carbons (Fsp3) is 0.267. The fourth-order valence-corrected chi connectivity index (χ4v) is 2.18. The van der Waals surface area contributed by atoms with Gasteiger partial charge in [-0.1, -0.05) is 23.7 Å². The van der Waals surface area contributed by atoms with Crippen molar-refractivity contribution in [2.24, 2.45) is 0 Å². The molecule has 19 heavy (non-hydrogen) atoms. The maximum absolute atomic E-state index is 9.88. The van der Waals surface area contributed by atoms with Crippen molar-refractivity contribution in [1.29, 1.82) is 0 Å². The first-order chi connectivity index (χ1) is 9.11. The number of hydrogen-bond acceptors (Lipinski definition) is 2. The summed E-state index contributed by atoms with van der Waals surface area (Å²) in [7, 11) is 0. The zero-order valence-electron chi connectivity index (χ0n) is 11.1. The molecule has 0 bridgehead atoms. The van der Waals surface area contributed by atoms with E-state index < -0.39 is 0 Å². The summed E-state index contributed by atoms with van der Waals surface area (Å²) < 4.78 is 7.74. The zero-order chi connectivity index (χ0) is 13.8. The predicted molar refractivity (Wildman–Crippen MR) is 74.5 cm³/mol. The number of nitrogens with zero attached hydrogens (tertiary/aromatic N) is 1. The minimum Gasteiger partial charge on any atom is -0.504 e. The van der Waals surface area contributed by atoms with Crippen LogP contribution in [-0.4, -0.2) is 5.11 Å². The van der Waals surface area contributed by atoms with Crippen LogP contribution in [-0.2, 0) is 13.2 Å². The lowest BCUT2D eigenvalue weighted by molar-refractivity contribution is -0.699. The Morgan fingerprint density at radius 2 is 2.11 bits per heavy atom. The van der Waals surface area contributed by atoms with E-state index in [4.69, 9.17) is 16.3 Å². The second-order valence-electron chi connectivity index (χ2n) is 4.32. The van der Waals surface area contributed by atoms with Crippen LogP contribution in [0.4, 0.5) is 0 Å². The molecule has 0 aliphatic rings. The maximum Gasteiger partial charge on any atom is 0.229 e. The summed E-state index contributed by atoms with van der Waals surface area (Å²) in [6, 6.07) is 9.13. The van der Waals surface area contributed by atoms with E-state index in [-0.39, 0.29) is 5.75 Å². The van der Waals surface area contributed by atoms with Gasteiger partial charge in [-0.3, -0.25) is 0 Å². The molecule has 3 nitrogen and oxygen atoms in total. The van der Waals surface area contributed by atoms with Crippen LogP contribution in [0.1, 0.15) is 18.2 Å². The summed E-state index contributed by atoms with van der Waals surface area (Å²) in [5.74, 6) is 0.675. The molecule has 1 N–H and O–H groups in total. The molecule has 1 aromatic carbocycles. The zero-order valence-corrected chi connectivity index (χ0v) is 11.8. The van der Waals surface area contributed by atoms with Gasteiger partial charge in [-0.2, -0.15) is 4.57 Å². The molecule has 0 saturated heterocycles. The normalized spacial score (nSPS) is 10.5. The van der Waals surface area contributed by atoms with Crippen molar-refractivity contribution in [2.75, 3.05) is 0 Å². The van der Waals surface area contributed by atoms with E-state index in [0.29, 0.717) is 17.4 Å². The highest BCUT2D eigenvalue weighted by atomic mass is 35.5. The Bertz CT molecular complexity index is 584. The van der Waals surface area contributed by atoms with E-state index in [0.717, 1.165) is 17.8 Å². The second kappa shape index (κ2) is 5.93. The highest BCUT2D eigenvalue weighted by Gasteiger charge is 2.16. The molecule has 0 fully saturated rings. The van der Waals surface area contributed by atoms with Crippen LogP contribution in [0.25, 0.3) is 0 Å². The highest BCUT2D eigenvalue weighted by Crippen LogP contribution is 2.27. The molecular formula is C15H17ClNO2+. The minimum absolute atomic E-state index is 0.157. The van der Waals surface area contributed by atoms with Gasteiger partial charge in [-0.05, 0) is 24.6 Å². The molecule has 4 heteroatoms. The number of pyridine rings is 1. The number of halogens is 1. The lowest BCUT2D eigenvalue weighted by Crippen LogP contribution is -2.35. The summed E-state index contributed by atoms with van der Waals surface area (Å²) in [6.07, 6.45) is 1.84. The number of aromatic hydroxyl groups is 1. The molecule has 0 unspecified atom stereocenters. The van der Waals surface area contributed by atoms with Crippen molar-refractivity contribution in [3.63, 3.8) is 0 Å². The average molecular weight is 279 g/mol. The molecule has 2 aromatic rings. The van der Waals surface area contributed by atoms with E-state index >= 15 is 0 Å². The Labute approximate surface area is 118 Å². The number of aryl methyl sites for hydroxylation is 1. The smallest absolute Gasteiger partial charge is 0.229 e. The van der Waals surface area contributed by atoms with Crippen molar-refractivity contribution < 1.29 is 14.4 Å². The lowest BCUT2D eigenvalue weighted by atomic mass is 10.2. The molecule has 1 heterocycles. The van der Waals surface area contributed by atoms with Gasteiger partial charge in [-0.15, -0.1) is 0 Å². The van der Waals surface area contributed by atoms with Gasteiger partial charge in [0.2, 0.25) is 11.4 Å². The van der Waals surface area contributed by atoms with Crippen LogP contribution in [0.2, 0.25) is 5.02 Å². The van der Waals surface area contributed by atoms with Crippen LogP contribution in [0.5, 0.6) is 11.5 Å². The Morgan fingerprint density at radius 3 is 2.79 bits per heavy atom. The van der Waals surface area contributed by atoms with Gasteiger partial charge in [-0.25, -0.2) is 0 Å². The van der Waals surface area contributed by atoms with E-state index in [1.807, 2.05) is 48.9 Å². The molecule has 0 spiro atoms. The molecule has 0 amide bonds. The average Bonchev–Trinajstić information content (AvgIpc) is 2.39. The number of aromatic nitrogens is 1. The van der Waals surface area contributed by atoms with Crippen molar-refractivity contribution >= 4 is 11.6 Å². The highest BCUT2D eigenvalue weighted by molar-refractivity contribution is 6.30. The third-order valence-corrected chi connectivity index (χ3v) is 3.25. The maximum atomic E-state index is 9.88. The Balaban J connectivity index is 2.20. The Kier molecular flexibility index (Phi) is 4.27. The SMILES string of the molecule is CC[n+]1ccc(O)c(OCc2cccc(Cl)c2)c1C. The number of ether oxygens (including phenoxy) is 1. The van der Waals surface area contributed by atoms with E-state index in [2.05, 4.69) is 0 Å². The van der Waals surface area contributed by atoms with Gasteiger partial charge in [0.15, 0.2) is 11.9 Å².